The summed E-state index contributed by atoms with van der Waals surface area (Å²) in [6.45, 7) is 8.00. The molecule has 9 nitrogen and oxygen atoms in total. The van der Waals surface area contributed by atoms with Gasteiger partial charge < -0.3 is 20.4 Å². The summed E-state index contributed by atoms with van der Waals surface area (Å²) in [5, 5.41) is 3.05. The highest BCUT2D eigenvalue weighted by atomic mass is 16.5. The zero-order chi connectivity index (χ0) is 20.4. The fraction of sp³-hybridized carbons (Fsp3) is 0.400. The van der Waals surface area contributed by atoms with Crippen LogP contribution in [0.2, 0.25) is 0 Å². The van der Waals surface area contributed by atoms with Gasteiger partial charge in [0.25, 0.3) is 0 Å². The molecule has 0 saturated carbocycles. The van der Waals surface area contributed by atoms with Crippen molar-refractivity contribution in [3.8, 4) is 0 Å². The molecule has 1 amide bonds. The highest BCUT2D eigenvalue weighted by Crippen LogP contribution is 2.22. The Morgan fingerprint density at radius 3 is 2.86 bits per heavy atom. The minimum Gasteiger partial charge on any atom is -0.382 e. The van der Waals surface area contributed by atoms with Crippen molar-refractivity contribution >= 4 is 28.6 Å². The third-order valence-electron chi connectivity index (χ3n) is 5.25. The maximum Gasteiger partial charge on any atom is 0.247 e. The van der Waals surface area contributed by atoms with Crippen molar-refractivity contribution < 1.29 is 9.53 Å². The van der Waals surface area contributed by atoms with Crippen LogP contribution >= 0.6 is 0 Å². The lowest BCUT2D eigenvalue weighted by Crippen LogP contribution is -2.35. The van der Waals surface area contributed by atoms with Crippen molar-refractivity contribution in [1.29, 1.82) is 0 Å². The second-order valence-corrected chi connectivity index (χ2v) is 7.29. The second kappa shape index (κ2) is 8.14. The monoisotopic (exact) mass is 395 g/mol. The van der Waals surface area contributed by atoms with E-state index in [1.165, 1.54) is 6.33 Å². The summed E-state index contributed by atoms with van der Waals surface area (Å²) in [5.74, 6) is 0.154. The number of fused-ring (bicyclic) bond motifs is 1. The first-order valence-electron chi connectivity index (χ1n) is 9.66. The van der Waals surface area contributed by atoms with Crippen molar-refractivity contribution in [3.05, 3.63) is 42.0 Å². The fourth-order valence-corrected chi connectivity index (χ4v) is 3.44. The number of anilines is 2. The van der Waals surface area contributed by atoms with Crippen LogP contribution in [0.25, 0.3) is 11.2 Å². The zero-order valence-corrected chi connectivity index (χ0v) is 16.6. The van der Waals surface area contributed by atoms with Gasteiger partial charge in [-0.2, -0.15) is 0 Å². The molecule has 0 radical (unpaired) electrons. The third kappa shape index (κ3) is 4.06. The minimum atomic E-state index is -0.503. The van der Waals surface area contributed by atoms with Gasteiger partial charge in [0.15, 0.2) is 11.5 Å². The lowest BCUT2D eigenvalue weighted by molar-refractivity contribution is -0.118. The molecule has 3 aromatic rings. The Morgan fingerprint density at radius 2 is 2.07 bits per heavy atom. The summed E-state index contributed by atoms with van der Waals surface area (Å²) in [6, 6.07) is 5.68. The number of carbonyl (C=O) groups excluding carboxylic acids is 1. The van der Waals surface area contributed by atoms with Gasteiger partial charge in [-0.05, 0) is 31.0 Å². The number of hydrogen-bond donors (Lipinski definition) is 2. The van der Waals surface area contributed by atoms with Gasteiger partial charge in [-0.15, -0.1) is 0 Å². The number of amides is 1. The molecule has 1 saturated heterocycles. The van der Waals surface area contributed by atoms with Crippen LogP contribution in [0.5, 0.6) is 0 Å². The van der Waals surface area contributed by atoms with Crippen LogP contribution < -0.4 is 11.1 Å². The Morgan fingerprint density at radius 1 is 1.28 bits per heavy atom. The van der Waals surface area contributed by atoms with E-state index in [2.05, 4.69) is 31.2 Å². The first kappa shape index (κ1) is 19.3. The fourth-order valence-electron chi connectivity index (χ4n) is 3.44. The molecule has 0 aliphatic carbocycles. The number of nitrogen functional groups attached to an aromatic ring is 1. The number of nitrogens with two attached hydrogens (primary N) is 1. The van der Waals surface area contributed by atoms with Gasteiger partial charge >= 0.3 is 0 Å². The van der Waals surface area contributed by atoms with E-state index >= 15 is 0 Å². The Kier molecular flexibility index (Phi) is 5.41. The lowest BCUT2D eigenvalue weighted by Gasteiger charge is -2.27. The maximum atomic E-state index is 12.9. The maximum absolute atomic E-state index is 12.9. The SMILES string of the molecule is Cc1ccc(CN2CCOCC2)cc1NC(=O)C(C)n1cnc2c(N)ncnc21. The highest BCUT2D eigenvalue weighted by Gasteiger charge is 2.20. The summed E-state index contributed by atoms with van der Waals surface area (Å²) in [7, 11) is 0. The molecular weight excluding hydrogens is 370 g/mol. The number of rotatable bonds is 5. The van der Waals surface area contributed by atoms with Crippen LogP contribution in [0.15, 0.2) is 30.9 Å². The Hall–Kier alpha value is -3.04. The van der Waals surface area contributed by atoms with Crippen LogP contribution in [-0.2, 0) is 16.1 Å². The number of nitrogens with one attached hydrogen (secondary N) is 1. The number of ether oxygens (including phenoxy) is 1. The zero-order valence-electron chi connectivity index (χ0n) is 16.6. The molecule has 9 heteroatoms. The normalized spacial score (nSPS) is 16.1. The topological polar surface area (TPSA) is 111 Å². The number of aryl methyl sites for hydroxylation is 1. The Bertz CT molecular complexity index is 1030. The smallest absolute Gasteiger partial charge is 0.247 e. The van der Waals surface area contributed by atoms with E-state index in [9.17, 15) is 4.79 Å². The molecule has 1 aliphatic heterocycles. The predicted octanol–water partition coefficient (Wildman–Crippen LogP) is 1.75. The van der Waals surface area contributed by atoms with E-state index < -0.39 is 6.04 Å². The molecule has 1 aliphatic rings. The molecule has 1 aromatic carbocycles. The molecule has 3 N–H and O–H groups in total. The van der Waals surface area contributed by atoms with E-state index in [1.54, 1.807) is 10.9 Å². The number of morpholine rings is 1. The lowest BCUT2D eigenvalue weighted by atomic mass is 10.1. The van der Waals surface area contributed by atoms with Gasteiger partial charge in [-0.1, -0.05) is 12.1 Å². The first-order chi connectivity index (χ1) is 14.0. The predicted molar refractivity (Wildman–Crippen MR) is 110 cm³/mol. The summed E-state index contributed by atoms with van der Waals surface area (Å²) >= 11 is 0. The number of carbonyl (C=O) groups is 1. The molecule has 0 spiro atoms. The van der Waals surface area contributed by atoms with E-state index in [-0.39, 0.29) is 5.91 Å². The van der Waals surface area contributed by atoms with Crippen LogP contribution in [0.1, 0.15) is 24.1 Å². The van der Waals surface area contributed by atoms with Crippen LogP contribution in [0.4, 0.5) is 11.5 Å². The molecule has 0 bridgehead atoms. The molecule has 1 unspecified atom stereocenters. The third-order valence-corrected chi connectivity index (χ3v) is 5.25. The summed E-state index contributed by atoms with van der Waals surface area (Å²) < 4.78 is 7.11. The van der Waals surface area contributed by atoms with Gasteiger partial charge in [0.1, 0.15) is 17.9 Å². The van der Waals surface area contributed by atoms with Crippen LogP contribution in [-0.4, -0.2) is 56.6 Å². The summed E-state index contributed by atoms with van der Waals surface area (Å²) in [5.41, 5.74) is 9.86. The molecule has 152 valence electrons. The molecule has 2 aromatic heterocycles. The van der Waals surface area contributed by atoms with E-state index in [1.807, 2.05) is 26.0 Å². The number of hydrogen-bond acceptors (Lipinski definition) is 7. The molecule has 1 atom stereocenters. The Balaban J connectivity index is 1.51. The molecular formula is C20H25N7O2. The highest BCUT2D eigenvalue weighted by molar-refractivity contribution is 5.95. The van der Waals surface area contributed by atoms with Gasteiger partial charge in [0.2, 0.25) is 5.91 Å². The average molecular weight is 395 g/mol. The number of benzene rings is 1. The van der Waals surface area contributed by atoms with E-state index in [4.69, 9.17) is 10.5 Å². The van der Waals surface area contributed by atoms with Gasteiger partial charge in [-0.25, -0.2) is 15.0 Å². The van der Waals surface area contributed by atoms with E-state index in [0.717, 1.165) is 49.7 Å². The van der Waals surface area contributed by atoms with Crippen molar-refractivity contribution in [2.75, 3.05) is 37.4 Å². The van der Waals surface area contributed by atoms with Crippen LogP contribution in [0.3, 0.4) is 0 Å². The number of imidazole rings is 1. The Labute approximate surface area is 168 Å². The average Bonchev–Trinajstić information content (AvgIpc) is 3.16. The van der Waals surface area contributed by atoms with E-state index in [0.29, 0.717) is 17.0 Å². The minimum absolute atomic E-state index is 0.145. The summed E-state index contributed by atoms with van der Waals surface area (Å²) in [6.07, 6.45) is 2.95. The second-order valence-electron chi connectivity index (χ2n) is 7.29. The summed E-state index contributed by atoms with van der Waals surface area (Å²) in [4.78, 5) is 27.7. The molecule has 29 heavy (non-hydrogen) atoms. The van der Waals surface area contributed by atoms with Gasteiger partial charge in [0.05, 0.1) is 19.5 Å². The quantitative estimate of drug-likeness (QED) is 0.677. The molecule has 1 fully saturated rings. The largest absolute Gasteiger partial charge is 0.382 e. The van der Waals surface area contributed by atoms with Crippen molar-refractivity contribution in [3.63, 3.8) is 0 Å². The van der Waals surface area contributed by atoms with Gasteiger partial charge in [0, 0.05) is 25.3 Å². The standard InChI is InChI=1S/C20H25N7O2/c1-13-3-4-15(10-26-5-7-29-8-6-26)9-16(13)25-20(28)14(2)27-12-24-17-18(21)22-11-23-19(17)27/h3-4,9,11-12,14H,5-8,10H2,1-2H3,(H,25,28)(H2,21,22,23). The van der Waals surface area contributed by atoms with Crippen molar-refractivity contribution in [2.24, 2.45) is 0 Å². The molecule has 3 heterocycles. The van der Waals surface area contributed by atoms with Crippen molar-refractivity contribution in [1.82, 2.24) is 24.4 Å². The molecule has 4 rings (SSSR count). The number of aromatic nitrogens is 4. The first-order valence-corrected chi connectivity index (χ1v) is 9.66. The van der Waals surface area contributed by atoms with Crippen molar-refractivity contribution in [2.45, 2.75) is 26.4 Å². The van der Waals surface area contributed by atoms with Crippen LogP contribution in [0, 0.1) is 6.92 Å². The number of nitrogens with zero attached hydrogens (tertiary/aromatic N) is 5. The van der Waals surface area contributed by atoms with Gasteiger partial charge in [-0.3, -0.25) is 9.69 Å².